The largest absolute Gasteiger partial charge is 0.462 e. The van der Waals surface area contributed by atoms with Crippen molar-refractivity contribution in [3.63, 3.8) is 0 Å². The number of ether oxygens (including phenoxy) is 1. The van der Waals surface area contributed by atoms with Crippen molar-refractivity contribution in [2.45, 2.75) is 111 Å². The first-order valence-electron chi connectivity index (χ1n) is 15.3. The summed E-state index contributed by atoms with van der Waals surface area (Å²) in [5.41, 5.74) is 0.715. The first kappa shape index (κ1) is 29.0. The van der Waals surface area contributed by atoms with Gasteiger partial charge in [-0.25, -0.2) is 9.78 Å². The fraction of sp³-hybridized carbons (Fsp3) is 0.839. The summed E-state index contributed by atoms with van der Waals surface area (Å²) in [4.78, 5) is 29.7. The van der Waals surface area contributed by atoms with Gasteiger partial charge < -0.3 is 20.3 Å². The molecule has 1 amide bonds. The molecule has 1 heterocycles. The lowest BCUT2D eigenvalue weighted by molar-refractivity contribution is -0.174. The maximum absolute atomic E-state index is 12.8. The Kier molecular flexibility index (Phi) is 8.22. The number of rotatable bonds is 7. The molecular weight excluding hydrogens is 512 g/mol. The van der Waals surface area contributed by atoms with E-state index >= 15 is 0 Å². The average molecular weight is 561 g/mol. The number of nitrogens with one attached hydrogen (secondary N) is 1. The van der Waals surface area contributed by atoms with Crippen LogP contribution in [0.3, 0.4) is 0 Å². The number of carbonyl (C=O) groups excluding carboxylic acids is 2. The number of nitrogens with zero attached hydrogens (tertiary/aromatic N) is 1. The molecule has 39 heavy (non-hydrogen) atoms. The van der Waals surface area contributed by atoms with Crippen LogP contribution in [-0.2, 0) is 9.53 Å². The molecule has 4 fully saturated rings. The molecule has 4 aliphatic carbocycles. The molecule has 7 nitrogen and oxygen atoms in total. The summed E-state index contributed by atoms with van der Waals surface area (Å²) in [6.07, 6.45) is 9.27. The molecule has 0 bridgehead atoms. The zero-order valence-corrected chi connectivity index (χ0v) is 25.2. The number of aliphatic hydroxyl groups is 2. The van der Waals surface area contributed by atoms with E-state index in [2.05, 4.69) is 31.1 Å². The van der Waals surface area contributed by atoms with Crippen molar-refractivity contribution in [2.75, 3.05) is 11.9 Å². The fourth-order valence-corrected chi connectivity index (χ4v) is 10.6. The molecule has 1 aromatic rings. The smallest absolute Gasteiger partial charge is 0.350 e. The molecule has 0 radical (unpaired) electrons. The van der Waals surface area contributed by atoms with Gasteiger partial charge in [0.1, 0.15) is 4.88 Å². The third-order valence-electron chi connectivity index (χ3n) is 11.8. The van der Waals surface area contributed by atoms with Crippen molar-refractivity contribution in [1.82, 2.24) is 4.98 Å². The van der Waals surface area contributed by atoms with E-state index in [0.29, 0.717) is 64.2 Å². The summed E-state index contributed by atoms with van der Waals surface area (Å²) in [6.45, 7) is 10.9. The number of hydrogen-bond donors (Lipinski definition) is 3. The van der Waals surface area contributed by atoms with Crippen molar-refractivity contribution in [3.05, 3.63) is 10.6 Å². The molecule has 0 aromatic carbocycles. The van der Waals surface area contributed by atoms with Gasteiger partial charge in [0, 0.05) is 6.42 Å². The van der Waals surface area contributed by atoms with E-state index in [1.54, 1.807) is 13.8 Å². The Bertz CT molecular complexity index is 1080. The number of anilines is 1. The monoisotopic (exact) mass is 560 g/mol. The van der Waals surface area contributed by atoms with Crippen LogP contribution in [0.2, 0.25) is 0 Å². The lowest BCUT2D eigenvalue weighted by Gasteiger charge is -2.62. The summed E-state index contributed by atoms with van der Waals surface area (Å²) < 4.78 is 5.08. The molecule has 4 saturated carbocycles. The molecule has 3 N–H and O–H groups in total. The van der Waals surface area contributed by atoms with Crippen LogP contribution in [0.25, 0.3) is 0 Å². The third kappa shape index (κ3) is 5.07. The van der Waals surface area contributed by atoms with Crippen molar-refractivity contribution in [3.8, 4) is 0 Å². The molecular formula is C31H48N2O5S. The highest BCUT2D eigenvalue weighted by Crippen LogP contribution is 2.68. The number of thiazole rings is 1. The summed E-state index contributed by atoms with van der Waals surface area (Å²) in [6, 6.07) is 0. The van der Waals surface area contributed by atoms with E-state index in [0.717, 1.165) is 49.9 Å². The molecule has 10 unspecified atom stereocenters. The summed E-state index contributed by atoms with van der Waals surface area (Å²) in [5, 5.41) is 25.4. The van der Waals surface area contributed by atoms with E-state index in [4.69, 9.17) is 4.74 Å². The molecule has 218 valence electrons. The van der Waals surface area contributed by atoms with Crippen LogP contribution in [0, 0.1) is 53.3 Å². The number of aromatic nitrogens is 1. The molecule has 0 saturated heterocycles. The van der Waals surface area contributed by atoms with Gasteiger partial charge in [0.05, 0.1) is 24.5 Å². The molecule has 4 aliphatic rings. The van der Waals surface area contributed by atoms with Crippen molar-refractivity contribution < 1.29 is 24.5 Å². The third-order valence-corrected chi connectivity index (χ3v) is 12.9. The van der Waals surface area contributed by atoms with Crippen molar-refractivity contribution in [2.24, 2.45) is 46.3 Å². The van der Waals surface area contributed by atoms with E-state index in [1.807, 2.05) is 0 Å². The maximum Gasteiger partial charge on any atom is 0.350 e. The average Bonchev–Trinajstić information content (AvgIpc) is 3.44. The first-order valence-corrected chi connectivity index (χ1v) is 16.1. The highest BCUT2D eigenvalue weighted by Gasteiger charge is 2.63. The Balaban J connectivity index is 1.21. The second-order valence-electron chi connectivity index (χ2n) is 13.6. The summed E-state index contributed by atoms with van der Waals surface area (Å²) in [5.74, 6) is 2.60. The van der Waals surface area contributed by atoms with Crippen LogP contribution in [0.1, 0.15) is 107 Å². The number of aliphatic hydroxyl groups excluding tert-OH is 2. The van der Waals surface area contributed by atoms with Crippen LogP contribution in [0.15, 0.2) is 0 Å². The minimum atomic E-state index is -0.400. The summed E-state index contributed by atoms with van der Waals surface area (Å²) >= 11 is 1.16. The number of aryl methyl sites for hydroxylation is 1. The van der Waals surface area contributed by atoms with Crippen LogP contribution < -0.4 is 5.32 Å². The topological polar surface area (TPSA) is 109 Å². The van der Waals surface area contributed by atoms with Gasteiger partial charge in [0.25, 0.3) is 0 Å². The number of esters is 1. The number of amides is 1. The first-order chi connectivity index (χ1) is 18.5. The van der Waals surface area contributed by atoms with Crippen LogP contribution >= 0.6 is 11.3 Å². The zero-order valence-electron chi connectivity index (χ0n) is 24.4. The Hall–Kier alpha value is -1.51. The van der Waals surface area contributed by atoms with Gasteiger partial charge in [-0.1, -0.05) is 32.1 Å². The van der Waals surface area contributed by atoms with E-state index < -0.39 is 5.97 Å². The van der Waals surface area contributed by atoms with Crippen LogP contribution in [0.4, 0.5) is 5.13 Å². The van der Waals surface area contributed by atoms with Gasteiger partial charge in [0.2, 0.25) is 5.91 Å². The number of hydrogen-bond acceptors (Lipinski definition) is 7. The van der Waals surface area contributed by atoms with Crippen molar-refractivity contribution >= 4 is 28.3 Å². The van der Waals surface area contributed by atoms with Crippen LogP contribution in [0.5, 0.6) is 0 Å². The predicted molar refractivity (Wildman–Crippen MR) is 152 cm³/mol. The van der Waals surface area contributed by atoms with Crippen molar-refractivity contribution in [1.29, 1.82) is 0 Å². The van der Waals surface area contributed by atoms with Gasteiger partial charge in [-0.15, -0.1) is 0 Å². The van der Waals surface area contributed by atoms with E-state index in [9.17, 15) is 19.8 Å². The van der Waals surface area contributed by atoms with Crippen LogP contribution in [-0.4, -0.2) is 45.9 Å². The molecule has 0 spiro atoms. The normalized spacial score (nSPS) is 40.2. The molecule has 8 heteroatoms. The van der Waals surface area contributed by atoms with Gasteiger partial charge in [-0.2, -0.15) is 0 Å². The molecule has 5 rings (SSSR count). The zero-order chi connectivity index (χ0) is 28.1. The minimum Gasteiger partial charge on any atom is -0.462 e. The lowest BCUT2D eigenvalue weighted by Crippen LogP contribution is -2.58. The number of fused-ring (bicyclic) bond motifs is 5. The Morgan fingerprint density at radius 1 is 1.13 bits per heavy atom. The van der Waals surface area contributed by atoms with Gasteiger partial charge in [-0.3, -0.25) is 4.79 Å². The summed E-state index contributed by atoms with van der Waals surface area (Å²) in [7, 11) is 0. The standard InChI is InChI=1S/C31H48N2O5S/c1-6-38-28(37)27-18(3)32-29(39-27)33-26(36)12-7-17(2)22-10-11-23-21-9-8-19-15-20(34)13-14-30(19,4)24(21)16-25(35)31(22,23)5/h17,19-25,34-35H,6-16H2,1-5H3,(H,32,33,36). The molecule has 0 aliphatic heterocycles. The van der Waals surface area contributed by atoms with Gasteiger partial charge in [0.15, 0.2) is 5.13 Å². The predicted octanol–water partition coefficient (Wildman–Crippen LogP) is 5.97. The SMILES string of the molecule is CCOC(=O)c1sc(NC(=O)CCC(C)C2CCC3C4CCC5CC(O)CCC5(C)C4CC(O)C23C)nc1C. The van der Waals surface area contributed by atoms with Gasteiger partial charge >= 0.3 is 5.97 Å². The minimum absolute atomic E-state index is 0.0827. The van der Waals surface area contributed by atoms with E-state index in [-0.39, 0.29) is 28.9 Å². The second-order valence-corrected chi connectivity index (χ2v) is 14.6. The Labute approximate surface area is 237 Å². The molecule has 1 aromatic heterocycles. The second kappa shape index (κ2) is 11.1. The Morgan fingerprint density at radius 2 is 1.90 bits per heavy atom. The fourth-order valence-electron chi connectivity index (χ4n) is 9.74. The maximum atomic E-state index is 12.8. The highest BCUT2D eigenvalue weighted by atomic mass is 32.1. The van der Waals surface area contributed by atoms with E-state index in [1.165, 1.54) is 19.3 Å². The number of carbonyl (C=O) groups is 2. The van der Waals surface area contributed by atoms with Gasteiger partial charge in [-0.05, 0) is 118 Å². The quantitative estimate of drug-likeness (QED) is 0.354. The molecule has 10 atom stereocenters. The highest BCUT2D eigenvalue weighted by molar-refractivity contribution is 7.17. The Morgan fingerprint density at radius 3 is 2.64 bits per heavy atom. The lowest BCUT2D eigenvalue weighted by atomic mass is 9.43.